The summed E-state index contributed by atoms with van der Waals surface area (Å²) in [7, 11) is 0. The predicted molar refractivity (Wildman–Crippen MR) is 64.1 cm³/mol. The molecular weight excluding hydrogens is 219 g/mol. The molecule has 17 heavy (non-hydrogen) atoms. The minimum Gasteiger partial charge on any atom is -0.334 e. The Balaban J connectivity index is 2.20. The molecule has 2 rings (SSSR count). The van der Waals surface area contributed by atoms with Crippen molar-refractivity contribution >= 4 is 5.91 Å². The van der Waals surface area contributed by atoms with Crippen molar-refractivity contribution in [2.75, 3.05) is 13.1 Å². The van der Waals surface area contributed by atoms with Crippen LogP contribution in [0.15, 0.2) is 24.3 Å². The Kier molecular flexibility index (Phi) is 3.43. The van der Waals surface area contributed by atoms with Crippen molar-refractivity contribution in [3.05, 3.63) is 35.6 Å². The number of hydrogen-bond acceptors (Lipinski definition) is 2. The topological polar surface area (TPSA) is 46.3 Å². The Labute approximate surface area is 100 Å². The highest BCUT2D eigenvalue weighted by molar-refractivity contribution is 5.94. The molecule has 0 aliphatic carbocycles. The Morgan fingerprint density at radius 1 is 1.59 bits per heavy atom. The number of halogens is 1. The summed E-state index contributed by atoms with van der Waals surface area (Å²) in [6, 6.07) is 5.88. The normalized spacial score (nSPS) is 24.1. The second kappa shape index (κ2) is 4.84. The zero-order valence-corrected chi connectivity index (χ0v) is 9.90. The van der Waals surface area contributed by atoms with Gasteiger partial charge in [-0.15, -0.1) is 0 Å². The van der Waals surface area contributed by atoms with E-state index in [4.69, 9.17) is 5.73 Å². The molecule has 0 bridgehead atoms. The van der Waals surface area contributed by atoms with Crippen LogP contribution in [-0.4, -0.2) is 29.9 Å². The van der Waals surface area contributed by atoms with Gasteiger partial charge in [0.2, 0.25) is 0 Å². The largest absolute Gasteiger partial charge is 0.334 e. The summed E-state index contributed by atoms with van der Waals surface area (Å²) in [6.07, 6.45) is 0.961. The molecular formula is C13H17FN2O. The van der Waals surface area contributed by atoms with Crippen LogP contribution in [0, 0.1) is 11.7 Å². The van der Waals surface area contributed by atoms with Gasteiger partial charge in [0.1, 0.15) is 5.82 Å². The van der Waals surface area contributed by atoms with Gasteiger partial charge in [0.05, 0.1) is 0 Å². The summed E-state index contributed by atoms with van der Waals surface area (Å²) in [5, 5.41) is 0. The Morgan fingerprint density at radius 2 is 2.35 bits per heavy atom. The van der Waals surface area contributed by atoms with Gasteiger partial charge in [0.15, 0.2) is 0 Å². The van der Waals surface area contributed by atoms with E-state index in [1.54, 1.807) is 17.0 Å². The smallest absolute Gasteiger partial charge is 0.254 e. The number of rotatable bonds is 2. The molecule has 1 heterocycles. The van der Waals surface area contributed by atoms with Crippen LogP contribution >= 0.6 is 0 Å². The third-order valence-electron chi connectivity index (χ3n) is 3.46. The summed E-state index contributed by atoms with van der Waals surface area (Å²) in [5.41, 5.74) is 6.09. The number of benzene rings is 1. The average molecular weight is 236 g/mol. The van der Waals surface area contributed by atoms with Crippen molar-refractivity contribution in [2.24, 2.45) is 11.7 Å². The van der Waals surface area contributed by atoms with Gasteiger partial charge in [-0.2, -0.15) is 0 Å². The molecule has 2 N–H and O–H groups in total. The summed E-state index contributed by atoms with van der Waals surface area (Å²) < 4.78 is 13.1. The number of likely N-dealkylation sites (tertiary alicyclic amines) is 1. The second-order valence-corrected chi connectivity index (χ2v) is 4.58. The van der Waals surface area contributed by atoms with Crippen LogP contribution in [0.5, 0.6) is 0 Å². The average Bonchev–Trinajstić information content (AvgIpc) is 2.69. The van der Waals surface area contributed by atoms with Gasteiger partial charge in [0, 0.05) is 24.7 Å². The first-order chi connectivity index (χ1) is 8.13. The fraction of sp³-hybridized carbons (Fsp3) is 0.462. The lowest BCUT2D eigenvalue weighted by Crippen LogP contribution is -2.42. The van der Waals surface area contributed by atoms with E-state index in [-0.39, 0.29) is 17.8 Å². The highest BCUT2D eigenvalue weighted by Gasteiger charge is 2.33. The predicted octanol–water partition coefficient (Wildman–Crippen LogP) is 1.64. The summed E-state index contributed by atoms with van der Waals surface area (Å²) in [6.45, 7) is 3.26. The van der Waals surface area contributed by atoms with Gasteiger partial charge >= 0.3 is 0 Å². The molecule has 1 aliphatic heterocycles. The molecule has 1 aliphatic rings. The SMILES string of the molecule is CC1CCN(C(=O)c2cccc(F)c2)C1CN. The van der Waals surface area contributed by atoms with Crippen LogP contribution < -0.4 is 5.73 Å². The molecule has 0 radical (unpaired) electrons. The van der Waals surface area contributed by atoms with Crippen molar-refractivity contribution in [1.82, 2.24) is 4.90 Å². The standard InChI is InChI=1S/C13H17FN2O/c1-9-5-6-16(12(9)8-15)13(17)10-3-2-4-11(14)7-10/h2-4,7,9,12H,5-6,8,15H2,1H3. The van der Waals surface area contributed by atoms with Crippen LogP contribution in [-0.2, 0) is 0 Å². The number of carbonyl (C=O) groups is 1. The minimum atomic E-state index is -0.382. The highest BCUT2D eigenvalue weighted by Crippen LogP contribution is 2.25. The third kappa shape index (κ3) is 2.31. The van der Waals surface area contributed by atoms with E-state index in [1.165, 1.54) is 12.1 Å². The van der Waals surface area contributed by atoms with Crippen molar-refractivity contribution in [3.8, 4) is 0 Å². The molecule has 0 aromatic heterocycles. The van der Waals surface area contributed by atoms with E-state index in [9.17, 15) is 9.18 Å². The van der Waals surface area contributed by atoms with E-state index < -0.39 is 0 Å². The molecule has 92 valence electrons. The van der Waals surface area contributed by atoms with E-state index in [1.807, 2.05) is 0 Å². The number of hydrogen-bond donors (Lipinski definition) is 1. The molecule has 1 saturated heterocycles. The fourth-order valence-corrected chi connectivity index (χ4v) is 2.41. The second-order valence-electron chi connectivity index (χ2n) is 4.58. The highest BCUT2D eigenvalue weighted by atomic mass is 19.1. The van der Waals surface area contributed by atoms with Crippen LogP contribution in [0.25, 0.3) is 0 Å². The Hall–Kier alpha value is -1.42. The maximum Gasteiger partial charge on any atom is 0.254 e. The lowest BCUT2D eigenvalue weighted by molar-refractivity contribution is 0.0727. The Morgan fingerprint density at radius 3 is 3.00 bits per heavy atom. The van der Waals surface area contributed by atoms with Crippen molar-refractivity contribution in [1.29, 1.82) is 0 Å². The van der Waals surface area contributed by atoms with E-state index in [0.717, 1.165) is 6.42 Å². The maximum absolute atomic E-state index is 13.1. The summed E-state index contributed by atoms with van der Waals surface area (Å²) >= 11 is 0. The quantitative estimate of drug-likeness (QED) is 0.848. The van der Waals surface area contributed by atoms with Gasteiger partial charge in [-0.1, -0.05) is 13.0 Å². The molecule has 2 atom stereocenters. The number of carbonyl (C=O) groups excluding carboxylic acids is 1. The molecule has 1 fully saturated rings. The molecule has 1 aromatic rings. The molecule has 4 heteroatoms. The van der Waals surface area contributed by atoms with Gasteiger partial charge < -0.3 is 10.6 Å². The minimum absolute atomic E-state index is 0.0748. The van der Waals surface area contributed by atoms with Crippen LogP contribution in [0.4, 0.5) is 4.39 Å². The van der Waals surface area contributed by atoms with E-state index >= 15 is 0 Å². The first kappa shape index (κ1) is 12.0. The molecule has 0 spiro atoms. The maximum atomic E-state index is 13.1. The van der Waals surface area contributed by atoms with Gasteiger partial charge in [-0.25, -0.2) is 4.39 Å². The van der Waals surface area contributed by atoms with Crippen LogP contribution in [0.1, 0.15) is 23.7 Å². The zero-order chi connectivity index (χ0) is 12.4. The molecule has 1 aromatic carbocycles. The number of amides is 1. The van der Waals surface area contributed by atoms with E-state index in [2.05, 4.69) is 6.92 Å². The number of nitrogens with zero attached hydrogens (tertiary/aromatic N) is 1. The molecule has 1 amide bonds. The van der Waals surface area contributed by atoms with Gasteiger partial charge in [0.25, 0.3) is 5.91 Å². The van der Waals surface area contributed by atoms with Crippen LogP contribution in [0.2, 0.25) is 0 Å². The monoisotopic (exact) mass is 236 g/mol. The van der Waals surface area contributed by atoms with Crippen molar-refractivity contribution in [3.63, 3.8) is 0 Å². The van der Waals surface area contributed by atoms with Crippen molar-refractivity contribution in [2.45, 2.75) is 19.4 Å². The third-order valence-corrected chi connectivity index (χ3v) is 3.46. The molecule has 0 saturated carbocycles. The number of nitrogens with two attached hydrogens (primary N) is 1. The Bertz CT molecular complexity index is 422. The summed E-state index contributed by atoms with van der Waals surface area (Å²) in [5.74, 6) is -0.0887. The van der Waals surface area contributed by atoms with E-state index in [0.29, 0.717) is 24.6 Å². The first-order valence-corrected chi connectivity index (χ1v) is 5.90. The molecule has 3 nitrogen and oxygen atoms in total. The fourth-order valence-electron chi connectivity index (χ4n) is 2.41. The first-order valence-electron chi connectivity index (χ1n) is 5.90. The van der Waals surface area contributed by atoms with Crippen LogP contribution in [0.3, 0.4) is 0 Å². The van der Waals surface area contributed by atoms with Gasteiger partial charge in [-0.05, 0) is 30.5 Å². The lowest BCUT2D eigenvalue weighted by Gasteiger charge is -2.25. The lowest BCUT2D eigenvalue weighted by atomic mass is 10.0. The summed E-state index contributed by atoms with van der Waals surface area (Å²) in [4.78, 5) is 14.0. The zero-order valence-electron chi connectivity index (χ0n) is 9.90. The van der Waals surface area contributed by atoms with Crippen molar-refractivity contribution < 1.29 is 9.18 Å². The molecule has 2 unspecified atom stereocenters. The van der Waals surface area contributed by atoms with Gasteiger partial charge in [-0.3, -0.25) is 4.79 Å².